The van der Waals surface area contributed by atoms with Crippen LogP contribution >= 0.6 is 0 Å². The highest BCUT2D eigenvalue weighted by Gasteiger charge is 2.37. The zero-order valence-corrected chi connectivity index (χ0v) is 12.8. The quantitative estimate of drug-likeness (QED) is 0.939. The van der Waals surface area contributed by atoms with Crippen molar-refractivity contribution in [1.82, 2.24) is 19.9 Å². The van der Waals surface area contributed by atoms with E-state index in [1.54, 1.807) is 0 Å². The van der Waals surface area contributed by atoms with Crippen LogP contribution in [0.25, 0.3) is 11.0 Å². The molecule has 4 heteroatoms. The molecule has 3 heterocycles. The van der Waals surface area contributed by atoms with Gasteiger partial charge in [0.25, 0.3) is 0 Å². The van der Waals surface area contributed by atoms with Crippen LogP contribution in [-0.4, -0.2) is 20.6 Å². The fourth-order valence-electron chi connectivity index (χ4n) is 4.24. The molecule has 2 aliphatic rings. The summed E-state index contributed by atoms with van der Waals surface area (Å²) in [5.41, 5.74) is 2.27. The highest BCUT2D eigenvalue weighted by molar-refractivity contribution is 5.74. The van der Waals surface area contributed by atoms with Crippen LogP contribution in [0.2, 0.25) is 0 Å². The predicted octanol–water partition coefficient (Wildman–Crippen LogP) is 3.43. The van der Waals surface area contributed by atoms with E-state index in [1.807, 2.05) is 12.4 Å². The van der Waals surface area contributed by atoms with E-state index >= 15 is 0 Å². The first kappa shape index (κ1) is 13.3. The third-order valence-corrected chi connectivity index (χ3v) is 5.20. The smallest absolute Gasteiger partial charge is 0.127 e. The predicted molar refractivity (Wildman–Crippen MR) is 84.1 cm³/mol. The van der Waals surface area contributed by atoms with E-state index in [-0.39, 0.29) is 0 Å². The van der Waals surface area contributed by atoms with Crippen molar-refractivity contribution in [3.05, 3.63) is 24.3 Å². The van der Waals surface area contributed by atoms with Gasteiger partial charge in [0.15, 0.2) is 0 Å². The highest BCUT2D eigenvalue weighted by Crippen LogP contribution is 2.39. The van der Waals surface area contributed by atoms with Gasteiger partial charge in [-0.05, 0) is 37.7 Å². The van der Waals surface area contributed by atoms with E-state index in [9.17, 15) is 0 Å². The van der Waals surface area contributed by atoms with Crippen molar-refractivity contribution in [3.63, 3.8) is 0 Å². The molecule has 2 aromatic rings. The summed E-state index contributed by atoms with van der Waals surface area (Å²) in [5.74, 6) is 2.09. The first-order chi connectivity index (χ1) is 10.4. The summed E-state index contributed by atoms with van der Waals surface area (Å²) >= 11 is 0. The van der Waals surface area contributed by atoms with Gasteiger partial charge in [0, 0.05) is 18.8 Å². The number of rotatable bonds is 3. The molecule has 0 amide bonds. The van der Waals surface area contributed by atoms with Crippen LogP contribution in [0.15, 0.2) is 18.5 Å². The van der Waals surface area contributed by atoms with Crippen LogP contribution in [0.3, 0.4) is 0 Å². The van der Waals surface area contributed by atoms with Gasteiger partial charge >= 0.3 is 0 Å². The van der Waals surface area contributed by atoms with Crippen LogP contribution in [0.1, 0.15) is 57.3 Å². The summed E-state index contributed by atoms with van der Waals surface area (Å²) in [6.45, 7) is 3.28. The van der Waals surface area contributed by atoms with Gasteiger partial charge in [0.05, 0.1) is 17.8 Å². The van der Waals surface area contributed by atoms with E-state index < -0.39 is 0 Å². The summed E-state index contributed by atoms with van der Waals surface area (Å²) in [6, 6.07) is 3.25. The topological polar surface area (TPSA) is 42.7 Å². The Balaban J connectivity index is 1.71. The molecule has 1 N–H and O–H groups in total. The standard InChI is InChI=1S/C17H24N4/c1-2-9-21-16-7-8-18-11-15(16)20-17(21)14-10-12-5-3-4-6-13(12)19-14/h7-8,11-14,19H,2-6,9-10H2,1H3. The molecule has 3 unspecified atom stereocenters. The van der Waals surface area contributed by atoms with E-state index in [2.05, 4.69) is 27.9 Å². The minimum Gasteiger partial charge on any atom is -0.327 e. The van der Waals surface area contributed by atoms with Gasteiger partial charge in [-0.1, -0.05) is 19.8 Å². The maximum Gasteiger partial charge on any atom is 0.127 e. The van der Waals surface area contributed by atoms with E-state index in [0.29, 0.717) is 6.04 Å². The zero-order chi connectivity index (χ0) is 14.2. The molecule has 0 spiro atoms. The van der Waals surface area contributed by atoms with Gasteiger partial charge < -0.3 is 9.88 Å². The minimum absolute atomic E-state index is 0.428. The molecule has 1 saturated heterocycles. The molecule has 0 bridgehead atoms. The molecule has 21 heavy (non-hydrogen) atoms. The third-order valence-electron chi connectivity index (χ3n) is 5.20. The van der Waals surface area contributed by atoms with E-state index in [1.165, 1.54) is 43.4 Å². The second kappa shape index (κ2) is 5.41. The van der Waals surface area contributed by atoms with Gasteiger partial charge in [-0.15, -0.1) is 0 Å². The lowest BCUT2D eigenvalue weighted by Crippen LogP contribution is -2.31. The molecule has 4 rings (SSSR count). The molecule has 4 nitrogen and oxygen atoms in total. The molecule has 0 radical (unpaired) electrons. The van der Waals surface area contributed by atoms with E-state index in [4.69, 9.17) is 4.98 Å². The van der Waals surface area contributed by atoms with Gasteiger partial charge in [0.1, 0.15) is 11.3 Å². The second-order valence-corrected chi connectivity index (χ2v) is 6.59. The number of nitrogens with zero attached hydrogens (tertiary/aromatic N) is 3. The number of aryl methyl sites for hydroxylation is 1. The molecule has 2 aromatic heterocycles. The highest BCUT2D eigenvalue weighted by atomic mass is 15.1. The molecular weight excluding hydrogens is 260 g/mol. The van der Waals surface area contributed by atoms with Crippen molar-refractivity contribution in [2.24, 2.45) is 5.92 Å². The largest absolute Gasteiger partial charge is 0.327 e. The number of nitrogens with one attached hydrogen (secondary N) is 1. The lowest BCUT2D eigenvalue weighted by atomic mass is 9.85. The lowest BCUT2D eigenvalue weighted by molar-refractivity contribution is 0.325. The molecule has 2 fully saturated rings. The van der Waals surface area contributed by atoms with Crippen molar-refractivity contribution in [1.29, 1.82) is 0 Å². The summed E-state index contributed by atoms with van der Waals surface area (Å²) in [6.07, 6.45) is 11.7. The minimum atomic E-state index is 0.428. The first-order valence-corrected chi connectivity index (χ1v) is 8.43. The Hall–Kier alpha value is -1.42. The molecule has 112 valence electrons. The Morgan fingerprint density at radius 1 is 1.33 bits per heavy atom. The summed E-state index contributed by atoms with van der Waals surface area (Å²) < 4.78 is 2.41. The van der Waals surface area contributed by atoms with Crippen molar-refractivity contribution in [2.75, 3.05) is 0 Å². The number of hydrogen-bond acceptors (Lipinski definition) is 3. The molecule has 1 aliphatic carbocycles. The molecule has 3 atom stereocenters. The lowest BCUT2D eigenvalue weighted by Gasteiger charge is -2.24. The number of imidazole rings is 1. The van der Waals surface area contributed by atoms with Gasteiger partial charge in [0.2, 0.25) is 0 Å². The Morgan fingerprint density at radius 3 is 3.10 bits per heavy atom. The first-order valence-electron chi connectivity index (χ1n) is 8.43. The molecular formula is C17H24N4. The number of fused-ring (bicyclic) bond motifs is 2. The van der Waals surface area contributed by atoms with Gasteiger partial charge in [-0.25, -0.2) is 4.98 Å². The maximum absolute atomic E-state index is 4.91. The van der Waals surface area contributed by atoms with Gasteiger partial charge in [-0.3, -0.25) is 4.98 Å². The van der Waals surface area contributed by atoms with Crippen molar-refractivity contribution >= 4 is 11.0 Å². The number of aromatic nitrogens is 3. The van der Waals surface area contributed by atoms with Crippen LogP contribution < -0.4 is 5.32 Å². The Morgan fingerprint density at radius 2 is 2.24 bits per heavy atom. The summed E-state index contributed by atoms with van der Waals surface area (Å²) in [7, 11) is 0. The monoisotopic (exact) mass is 284 g/mol. The summed E-state index contributed by atoms with van der Waals surface area (Å²) in [5, 5.41) is 3.87. The Bertz CT molecular complexity index is 619. The number of hydrogen-bond donors (Lipinski definition) is 1. The van der Waals surface area contributed by atoms with Crippen LogP contribution in [0, 0.1) is 5.92 Å². The average molecular weight is 284 g/mol. The SMILES string of the molecule is CCCn1c(C2CC3CCCCC3N2)nc2cnccc21. The molecule has 1 saturated carbocycles. The van der Waals surface area contributed by atoms with Crippen LogP contribution in [0.4, 0.5) is 0 Å². The summed E-state index contributed by atoms with van der Waals surface area (Å²) in [4.78, 5) is 9.14. The van der Waals surface area contributed by atoms with Gasteiger partial charge in [-0.2, -0.15) is 0 Å². The van der Waals surface area contributed by atoms with Crippen LogP contribution in [0.5, 0.6) is 0 Å². The fraction of sp³-hybridized carbons (Fsp3) is 0.647. The zero-order valence-electron chi connectivity index (χ0n) is 12.8. The van der Waals surface area contributed by atoms with Crippen LogP contribution in [-0.2, 0) is 6.54 Å². The molecule has 1 aliphatic heterocycles. The molecule has 0 aromatic carbocycles. The Labute approximate surface area is 126 Å². The van der Waals surface area contributed by atoms with E-state index in [0.717, 1.165) is 30.4 Å². The number of pyridine rings is 1. The average Bonchev–Trinajstić information content (AvgIpc) is 3.09. The fourth-order valence-corrected chi connectivity index (χ4v) is 4.24. The third kappa shape index (κ3) is 2.26. The van der Waals surface area contributed by atoms with Crippen molar-refractivity contribution < 1.29 is 0 Å². The second-order valence-electron chi connectivity index (χ2n) is 6.59. The van der Waals surface area contributed by atoms with Crippen molar-refractivity contribution in [3.8, 4) is 0 Å². The normalized spacial score (nSPS) is 28.9. The maximum atomic E-state index is 4.91. The Kier molecular flexibility index (Phi) is 3.42. The van der Waals surface area contributed by atoms with Crippen molar-refractivity contribution in [2.45, 2.75) is 64.1 Å².